The van der Waals surface area contributed by atoms with Gasteiger partial charge in [-0.05, 0) is 37.6 Å². The summed E-state index contributed by atoms with van der Waals surface area (Å²) in [6, 6.07) is 6.19. The number of ether oxygens (including phenoxy) is 1. The summed E-state index contributed by atoms with van der Waals surface area (Å²) in [6.45, 7) is 2.57. The van der Waals surface area contributed by atoms with Crippen LogP contribution in [0.25, 0.3) is 0 Å². The average Bonchev–Trinajstić information content (AvgIpc) is 2.42. The largest absolute Gasteiger partial charge is 0.496 e. The molecule has 1 N–H and O–H groups in total. The van der Waals surface area contributed by atoms with E-state index < -0.39 is 28.6 Å². The van der Waals surface area contributed by atoms with Crippen molar-refractivity contribution in [2.75, 3.05) is 7.11 Å². The van der Waals surface area contributed by atoms with Gasteiger partial charge in [0.25, 0.3) is 0 Å². The normalized spacial score (nSPS) is 13.9. The number of halogens is 3. The van der Waals surface area contributed by atoms with Gasteiger partial charge in [0.05, 0.1) is 18.2 Å². The van der Waals surface area contributed by atoms with E-state index in [1.807, 2.05) is 0 Å². The Morgan fingerprint density at radius 2 is 1.62 bits per heavy atom. The summed E-state index contributed by atoms with van der Waals surface area (Å²) < 4.78 is 47.4. The summed E-state index contributed by atoms with van der Waals surface area (Å²) in [5.41, 5.74) is -2.97. The van der Waals surface area contributed by atoms with Crippen LogP contribution in [0, 0.1) is 24.4 Å². The number of methoxy groups -OCH3 is 1. The highest BCUT2D eigenvalue weighted by Gasteiger charge is 2.37. The van der Waals surface area contributed by atoms with Crippen LogP contribution >= 0.6 is 0 Å². The first-order valence-electron chi connectivity index (χ1n) is 6.31. The van der Waals surface area contributed by atoms with Gasteiger partial charge in [0.1, 0.15) is 28.8 Å². The summed E-state index contributed by atoms with van der Waals surface area (Å²) in [7, 11) is 1.29. The van der Waals surface area contributed by atoms with Gasteiger partial charge in [-0.3, -0.25) is 0 Å². The highest BCUT2D eigenvalue weighted by atomic mass is 19.1. The molecular weight excluding hydrogens is 281 g/mol. The third-order valence-corrected chi connectivity index (χ3v) is 3.45. The predicted octanol–water partition coefficient (Wildman–Crippen LogP) is 3.68. The Morgan fingerprint density at radius 1 is 1.00 bits per heavy atom. The van der Waals surface area contributed by atoms with Crippen LogP contribution in [0.4, 0.5) is 13.2 Å². The molecule has 2 aromatic rings. The van der Waals surface area contributed by atoms with Gasteiger partial charge in [0.2, 0.25) is 0 Å². The fraction of sp³-hybridized carbons (Fsp3) is 0.250. The SMILES string of the molecule is COc1cccc(F)c1C(C)(O)c1c(F)ccc(C)c1F. The van der Waals surface area contributed by atoms with Crippen LogP contribution in [0.3, 0.4) is 0 Å². The first kappa shape index (κ1) is 15.4. The summed E-state index contributed by atoms with van der Waals surface area (Å²) in [4.78, 5) is 0. The number of aliphatic hydroxyl groups is 1. The first-order chi connectivity index (χ1) is 9.80. The van der Waals surface area contributed by atoms with E-state index in [-0.39, 0.29) is 16.9 Å². The molecule has 2 aromatic carbocycles. The molecule has 1 unspecified atom stereocenters. The van der Waals surface area contributed by atoms with Crippen molar-refractivity contribution >= 4 is 0 Å². The average molecular weight is 296 g/mol. The van der Waals surface area contributed by atoms with Crippen molar-refractivity contribution in [3.63, 3.8) is 0 Å². The molecule has 0 radical (unpaired) electrons. The number of benzene rings is 2. The second kappa shape index (κ2) is 5.41. The molecule has 0 saturated heterocycles. The van der Waals surface area contributed by atoms with Crippen LogP contribution in [-0.2, 0) is 5.60 Å². The van der Waals surface area contributed by atoms with E-state index in [1.165, 1.54) is 32.2 Å². The number of aryl methyl sites for hydroxylation is 1. The lowest BCUT2D eigenvalue weighted by atomic mass is 9.85. The van der Waals surface area contributed by atoms with E-state index in [1.54, 1.807) is 0 Å². The number of hydrogen-bond donors (Lipinski definition) is 1. The van der Waals surface area contributed by atoms with Crippen molar-refractivity contribution in [3.8, 4) is 5.75 Å². The van der Waals surface area contributed by atoms with Crippen LogP contribution < -0.4 is 4.74 Å². The van der Waals surface area contributed by atoms with Gasteiger partial charge in [0.15, 0.2) is 0 Å². The van der Waals surface area contributed by atoms with E-state index in [4.69, 9.17) is 4.74 Å². The molecule has 0 fully saturated rings. The van der Waals surface area contributed by atoms with Gasteiger partial charge < -0.3 is 9.84 Å². The van der Waals surface area contributed by atoms with Crippen molar-refractivity contribution < 1.29 is 23.0 Å². The standard InChI is InChI=1S/C16H15F3O2/c1-9-7-8-11(18)14(15(9)19)16(2,20)13-10(17)5-4-6-12(13)21-3/h4-8,20H,1-3H3. The van der Waals surface area contributed by atoms with Crippen molar-refractivity contribution in [3.05, 3.63) is 64.5 Å². The van der Waals surface area contributed by atoms with Crippen LogP contribution in [-0.4, -0.2) is 12.2 Å². The molecular formula is C16H15F3O2. The fourth-order valence-electron chi connectivity index (χ4n) is 2.37. The molecule has 0 saturated carbocycles. The van der Waals surface area contributed by atoms with Crippen molar-refractivity contribution in [2.45, 2.75) is 19.4 Å². The van der Waals surface area contributed by atoms with E-state index in [2.05, 4.69) is 0 Å². The van der Waals surface area contributed by atoms with E-state index in [0.717, 1.165) is 19.1 Å². The zero-order chi connectivity index (χ0) is 15.8. The third kappa shape index (κ3) is 2.49. The molecule has 0 aromatic heterocycles. The minimum Gasteiger partial charge on any atom is -0.496 e. The van der Waals surface area contributed by atoms with Gasteiger partial charge in [-0.15, -0.1) is 0 Å². The smallest absolute Gasteiger partial charge is 0.135 e. The van der Waals surface area contributed by atoms with Gasteiger partial charge in [0, 0.05) is 0 Å². The summed E-state index contributed by atoms with van der Waals surface area (Å²) in [6.07, 6.45) is 0. The zero-order valence-corrected chi connectivity index (χ0v) is 11.9. The molecule has 0 aliphatic rings. The molecule has 2 nitrogen and oxygen atoms in total. The molecule has 5 heteroatoms. The molecule has 0 aliphatic heterocycles. The van der Waals surface area contributed by atoms with Crippen LogP contribution in [0.15, 0.2) is 30.3 Å². The highest BCUT2D eigenvalue weighted by Crippen LogP contribution is 2.39. The zero-order valence-electron chi connectivity index (χ0n) is 11.9. The number of hydrogen-bond acceptors (Lipinski definition) is 2. The summed E-state index contributed by atoms with van der Waals surface area (Å²) in [5, 5.41) is 10.6. The minimum absolute atomic E-state index is 0.0142. The molecule has 0 aliphatic carbocycles. The minimum atomic E-state index is -2.21. The molecule has 0 bridgehead atoms. The van der Waals surface area contributed by atoms with Gasteiger partial charge in [-0.25, -0.2) is 13.2 Å². The van der Waals surface area contributed by atoms with Crippen LogP contribution in [0.5, 0.6) is 5.75 Å². The molecule has 112 valence electrons. The maximum atomic E-state index is 14.2. The fourth-order valence-corrected chi connectivity index (χ4v) is 2.37. The predicted molar refractivity (Wildman–Crippen MR) is 72.7 cm³/mol. The second-order valence-electron chi connectivity index (χ2n) is 4.94. The van der Waals surface area contributed by atoms with Crippen molar-refractivity contribution in [1.29, 1.82) is 0 Å². The quantitative estimate of drug-likeness (QED) is 0.936. The monoisotopic (exact) mass is 296 g/mol. The number of rotatable bonds is 3. The molecule has 2 rings (SSSR count). The van der Waals surface area contributed by atoms with Gasteiger partial charge >= 0.3 is 0 Å². The molecule has 0 spiro atoms. The maximum Gasteiger partial charge on any atom is 0.135 e. The third-order valence-electron chi connectivity index (χ3n) is 3.45. The Labute approximate surface area is 120 Å². The van der Waals surface area contributed by atoms with E-state index in [9.17, 15) is 18.3 Å². The van der Waals surface area contributed by atoms with E-state index >= 15 is 0 Å². The Hall–Kier alpha value is -2.01. The molecule has 0 heterocycles. The van der Waals surface area contributed by atoms with Crippen LogP contribution in [0.2, 0.25) is 0 Å². The molecule has 0 amide bonds. The Kier molecular flexibility index (Phi) is 3.96. The summed E-state index contributed by atoms with van der Waals surface area (Å²) in [5.74, 6) is -2.65. The Bertz CT molecular complexity index is 681. The van der Waals surface area contributed by atoms with Crippen molar-refractivity contribution in [1.82, 2.24) is 0 Å². The molecule has 1 atom stereocenters. The Morgan fingerprint density at radius 3 is 2.24 bits per heavy atom. The van der Waals surface area contributed by atoms with Gasteiger partial charge in [-0.2, -0.15) is 0 Å². The van der Waals surface area contributed by atoms with E-state index in [0.29, 0.717) is 0 Å². The van der Waals surface area contributed by atoms with Crippen molar-refractivity contribution in [2.24, 2.45) is 0 Å². The lowest BCUT2D eigenvalue weighted by molar-refractivity contribution is 0.0859. The summed E-state index contributed by atoms with van der Waals surface area (Å²) >= 11 is 0. The topological polar surface area (TPSA) is 29.5 Å². The molecule has 21 heavy (non-hydrogen) atoms. The lowest BCUT2D eigenvalue weighted by Gasteiger charge is -2.28. The van der Waals surface area contributed by atoms with Crippen LogP contribution in [0.1, 0.15) is 23.6 Å². The first-order valence-corrected chi connectivity index (χ1v) is 6.31. The maximum absolute atomic E-state index is 14.2. The lowest BCUT2D eigenvalue weighted by Crippen LogP contribution is -2.28. The highest BCUT2D eigenvalue weighted by molar-refractivity contribution is 5.46. The Balaban J connectivity index is 2.77. The second-order valence-corrected chi connectivity index (χ2v) is 4.94. The van der Waals surface area contributed by atoms with Gasteiger partial charge in [-0.1, -0.05) is 12.1 Å².